The minimum atomic E-state index is 0.511. The zero-order valence-corrected chi connectivity index (χ0v) is 11.7. The summed E-state index contributed by atoms with van der Waals surface area (Å²) in [4.78, 5) is 0. The highest BCUT2D eigenvalue weighted by Crippen LogP contribution is 2.31. The number of nitrogens with zero attached hydrogens (tertiary/aromatic N) is 3. The molecule has 1 aromatic heterocycles. The maximum Gasteiger partial charge on any atom is 0.167 e. The molecule has 0 aliphatic carbocycles. The molecule has 0 bridgehead atoms. The van der Waals surface area contributed by atoms with E-state index in [0.29, 0.717) is 19.1 Å². The number of rotatable bonds is 4. The van der Waals surface area contributed by atoms with Gasteiger partial charge in [-0.2, -0.15) is 0 Å². The van der Waals surface area contributed by atoms with Gasteiger partial charge in [0.1, 0.15) is 11.6 Å². The fourth-order valence-corrected chi connectivity index (χ4v) is 2.72. The number of fused-ring (bicyclic) bond motifs is 1. The number of ether oxygens (including phenoxy) is 1. The van der Waals surface area contributed by atoms with E-state index in [0.717, 1.165) is 42.3 Å². The normalized spacial score (nSPS) is 17.8. The Morgan fingerprint density at radius 2 is 2.20 bits per heavy atom. The second kappa shape index (κ2) is 5.63. The van der Waals surface area contributed by atoms with Gasteiger partial charge in [-0.25, -0.2) is 0 Å². The molecule has 0 saturated heterocycles. The predicted octanol–water partition coefficient (Wildman–Crippen LogP) is 1.86. The molecule has 1 aromatic carbocycles. The molecule has 2 aromatic rings. The third kappa shape index (κ3) is 2.29. The highest BCUT2D eigenvalue weighted by atomic mass is 16.5. The maximum atomic E-state index is 5.82. The van der Waals surface area contributed by atoms with Crippen molar-refractivity contribution in [3.8, 4) is 17.1 Å². The molecule has 3 rings (SSSR count). The molecule has 0 amide bonds. The van der Waals surface area contributed by atoms with Gasteiger partial charge in [-0.15, -0.1) is 10.2 Å². The fourth-order valence-electron chi connectivity index (χ4n) is 2.72. The number of aromatic nitrogens is 3. The van der Waals surface area contributed by atoms with Crippen molar-refractivity contribution in [2.45, 2.75) is 26.3 Å². The van der Waals surface area contributed by atoms with Crippen LogP contribution in [0.25, 0.3) is 11.4 Å². The van der Waals surface area contributed by atoms with Crippen molar-refractivity contribution in [3.05, 3.63) is 30.1 Å². The van der Waals surface area contributed by atoms with Crippen molar-refractivity contribution in [1.29, 1.82) is 0 Å². The molecule has 1 aliphatic rings. The number of hydrogen-bond donors (Lipinski definition) is 1. The van der Waals surface area contributed by atoms with Crippen LogP contribution < -0.4 is 10.5 Å². The van der Waals surface area contributed by atoms with Crippen LogP contribution in [0.15, 0.2) is 24.3 Å². The van der Waals surface area contributed by atoms with Gasteiger partial charge in [0.2, 0.25) is 0 Å². The lowest BCUT2D eigenvalue weighted by molar-refractivity contribution is 0.340. The minimum absolute atomic E-state index is 0.511. The Morgan fingerprint density at radius 1 is 1.35 bits per heavy atom. The first-order chi connectivity index (χ1) is 9.83. The van der Waals surface area contributed by atoms with Crippen LogP contribution in [-0.2, 0) is 13.0 Å². The Bertz CT molecular complexity index is 593. The van der Waals surface area contributed by atoms with Crippen LogP contribution >= 0.6 is 0 Å². The molecular formula is C15H20N4O. The highest BCUT2D eigenvalue weighted by Gasteiger charge is 2.23. The Kier molecular flexibility index (Phi) is 3.69. The molecule has 0 saturated carbocycles. The molecule has 1 unspecified atom stereocenters. The molecule has 1 atom stereocenters. The maximum absolute atomic E-state index is 5.82. The Hall–Kier alpha value is -1.88. The van der Waals surface area contributed by atoms with Crippen LogP contribution in [0.2, 0.25) is 0 Å². The zero-order valence-electron chi connectivity index (χ0n) is 11.7. The third-order valence-corrected chi connectivity index (χ3v) is 3.81. The molecule has 0 radical (unpaired) electrons. The Balaban J connectivity index is 2.02. The van der Waals surface area contributed by atoms with Gasteiger partial charge in [0, 0.05) is 13.0 Å². The van der Waals surface area contributed by atoms with E-state index in [9.17, 15) is 0 Å². The van der Waals surface area contributed by atoms with Crippen LogP contribution in [0, 0.1) is 5.92 Å². The number of para-hydroxylation sites is 1. The van der Waals surface area contributed by atoms with Crippen LogP contribution in [0.1, 0.15) is 19.2 Å². The van der Waals surface area contributed by atoms with Crippen LogP contribution in [0.3, 0.4) is 0 Å². The molecule has 2 heterocycles. The van der Waals surface area contributed by atoms with Gasteiger partial charge in [-0.05, 0) is 37.9 Å². The first-order valence-electron chi connectivity index (χ1n) is 7.17. The molecule has 1 aliphatic heterocycles. The smallest absolute Gasteiger partial charge is 0.167 e. The number of hydrogen-bond acceptors (Lipinski definition) is 4. The molecule has 20 heavy (non-hydrogen) atoms. The number of benzene rings is 1. The van der Waals surface area contributed by atoms with E-state index in [1.54, 1.807) is 0 Å². The topological polar surface area (TPSA) is 66.0 Å². The van der Waals surface area contributed by atoms with Gasteiger partial charge < -0.3 is 15.0 Å². The average molecular weight is 272 g/mol. The van der Waals surface area contributed by atoms with Crippen molar-refractivity contribution >= 4 is 0 Å². The Morgan fingerprint density at radius 3 is 3.00 bits per heavy atom. The molecule has 2 N–H and O–H groups in total. The average Bonchev–Trinajstić information content (AvgIpc) is 2.91. The lowest BCUT2D eigenvalue weighted by Crippen LogP contribution is -2.26. The van der Waals surface area contributed by atoms with Gasteiger partial charge in [0.05, 0.1) is 12.2 Å². The van der Waals surface area contributed by atoms with Crippen molar-refractivity contribution < 1.29 is 4.74 Å². The SMILES string of the molecule is CCOc1ccccc1-c1nnc2n1CC(CN)CC2. The molecule has 106 valence electrons. The molecule has 5 nitrogen and oxygen atoms in total. The molecule has 0 fully saturated rings. The van der Waals surface area contributed by atoms with E-state index in [1.807, 2.05) is 31.2 Å². The fraction of sp³-hybridized carbons (Fsp3) is 0.467. The second-order valence-electron chi connectivity index (χ2n) is 5.12. The van der Waals surface area contributed by atoms with Crippen molar-refractivity contribution in [3.63, 3.8) is 0 Å². The molecule has 5 heteroatoms. The van der Waals surface area contributed by atoms with Crippen molar-refractivity contribution in [2.75, 3.05) is 13.2 Å². The number of aryl methyl sites for hydroxylation is 1. The van der Waals surface area contributed by atoms with E-state index in [4.69, 9.17) is 10.5 Å². The van der Waals surface area contributed by atoms with Gasteiger partial charge >= 0.3 is 0 Å². The van der Waals surface area contributed by atoms with Crippen LogP contribution in [0.5, 0.6) is 5.75 Å². The van der Waals surface area contributed by atoms with Gasteiger partial charge in [-0.1, -0.05) is 12.1 Å². The summed E-state index contributed by atoms with van der Waals surface area (Å²) >= 11 is 0. The van der Waals surface area contributed by atoms with Gasteiger partial charge in [0.15, 0.2) is 5.82 Å². The predicted molar refractivity (Wildman–Crippen MR) is 77.5 cm³/mol. The summed E-state index contributed by atoms with van der Waals surface area (Å²) in [6.45, 7) is 4.24. The minimum Gasteiger partial charge on any atom is -0.493 e. The summed E-state index contributed by atoms with van der Waals surface area (Å²) in [6.07, 6.45) is 2.05. The Labute approximate surface area is 118 Å². The highest BCUT2D eigenvalue weighted by molar-refractivity contribution is 5.64. The third-order valence-electron chi connectivity index (χ3n) is 3.81. The van der Waals surface area contributed by atoms with E-state index in [1.165, 1.54) is 0 Å². The van der Waals surface area contributed by atoms with E-state index >= 15 is 0 Å². The summed E-state index contributed by atoms with van der Waals surface area (Å²) in [5.41, 5.74) is 6.82. The van der Waals surface area contributed by atoms with Crippen molar-refractivity contribution in [1.82, 2.24) is 14.8 Å². The summed E-state index contributed by atoms with van der Waals surface area (Å²) in [7, 11) is 0. The van der Waals surface area contributed by atoms with Gasteiger partial charge in [-0.3, -0.25) is 0 Å². The summed E-state index contributed by atoms with van der Waals surface area (Å²) in [5, 5.41) is 8.69. The monoisotopic (exact) mass is 272 g/mol. The largest absolute Gasteiger partial charge is 0.493 e. The van der Waals surface area contributed by atoms with Crippen LogP contribution in [-0.4, -0.2) is 27.9 Å². The quantitative estimate of drug-likeness (QED) is 0.922. The first kappa shape index (κ1) is 13.1. The molecule has 0 spiro atoms. The van der Waals surface area contributed by atoms with Gasteiger partial charge in [0.25, 0.3) is 0 Å². The lowest BCUT2D eigenvalue weighted by Gasteiger charge is -2.23. The summed E-state index contributed by atoms with van der Waals surface area (Å²) < 4.78 is 7.89. The molecular weight excluding hydrogens is 252 g/mol. The summed E-state index contributed by atoms with van der Waals surface area (Å²) in [5.74, 6) is 3.31. The van der Waals surface area contributed by atoms with E-state index in [-0.39, 0.29) is 0 Å². The van der Waals surface area contributed by atoms with E-state index in [2.05, 4.69) is 14.8 Å². The number of nitrogens with two attached hydrogens (primary N) is 1. The first-order valence-corrected chi connectivity index (χ1v) is 7.17. The standard InChI is InChI=1S/C15H20N4O/c1-2-20-13-6-4-3-5-12(13)15-18-17-14-8-7-11(9-16)10-19(14)15/h3-6,11H,2,7-10,16H2,1H3. The second-order valence-corrected chi connectivity index (χ2v) is 5.12. The van der Waals surface area contributed by atoms with E-state index < -0.39 is 0 Å². The zero-order chi connectivity index (χ0) is 13.9. The lowest BCUT2D eigenvalue weighted by atomic mass is 9.99. The van der Waals surface area contributed by atoms with Crippen LogP contribution in [0.4, 0.5) is 0 Å². The summed E-state index contributed by atoms with van der Waals surface area (Å²) in [6, 6.07) is 7.99. The van der Waals surface area contributed by atoms with Crippen molar-refractivity contribution in [2.24, 2.45) is 11.7 Å².